The first kappa shape index (κ1) is 15.3. The Morgan fingerprint density at radius 3 is 2.74 bits per heavy atom. The number of hydrogen-bond acceptors (Lipinski definition) is 6. The van der Waals surface area contributed by atoms with E-state index in [2.05, 4.69) is 10.3 Å². The number of nitrogens with one attached hydrogen (secondary N) is 1. The molecule has 6 nitrogen and oxygen atoms in total. The second kappa shape index (κ2) is 6.24. The normalized spacial score (nSPS) is 13.7. The van der Waals surface area contributed by atoms with Crippen molar-refractivity contribution in [3.8, 4) is 0 Å². The van der Waals surface area contributed by atoms with E-state index in [1.165, 1.54) is 13.3 Å². The SMILES string of the molecule is CCOC(=O)c1cnc2ccc(C(=O)OC)cc2c1NC1CC1. The van der Waals surface area contributed by atoms with Crippen LogP contribution < -0.4 is 5.32 Å². The Balaban J connectivity index is 2.14. The van der Waals surface area contributed by atoms with Crippen LogP contribution in [0.5, 0.6) is 0 Å². The number of nitrogens with zero attached hydrogens (tertiary/aromatic N) is 1. The topological polar surface area (TPSA) is 77.5 Å². The largest absolute Gasteiger partial charge is 0.465 e. The molecule has 6 heteroatoms. The van der Waals surface area contributed by atoms with E-state index in [4.69, 9.17) is 9.47 Å². The highest BCUT2D eigenvalue weighted by Gasteiger charge is 2.25. The van der Waals surface area contributed by atoms with Crippen molar-refractivity contribution in [1.82, 2.24) is 4.98 Å². The molecule has 0 radical (unpaired) electrons. The zero-order valence-electron chi connectivity index (χ0n) is 13.1. The Kier molecular flexibility index (Phi) is 4.14. The molecule has 0 saturated heterocycles. The molecule has 1 aromatic carbocycles. The quantitative estimate of drug-likeness (QED) is 0.855. The number of carbonyl (C=O) groups is 2. The monoisotopic (exact) mass is 314 g/mol. The first-order chi connectivity index (χ1) is 11.1. The summed E-state index contributed by atoms with van der Waals surface area (Å²) in [5.74, 6) is -0.848. The van der Waals surface area contributed by atoms with E-state index >= 15 is 0 Å². The average molecular weight is 314 g/mol. The van der Waals surface area contributed by atoms with Crippen molar-refractivity contribution < 1.29 is 19.1 Å². The average Bonchev–Trinajstić information content (AvgIpc) is 3.38. The molecule has 0 bridgehead atoms. The van der Waals surface area contributed by atoms with Gasteiger partial charge < -0.3 is 14.8 Å². The Bertz CT molecular complexity index is 769. The van der Waals surface area contributed by atoms with Crippen molar-refractivity contribution in [3.05, 3.63) is 35.5 Å². The molecule has 0 aliphatic heterocycles. The lowest BCUT2D eigenvalue weighted by Gasteiger charge is -2.14. The number of pyridine rings is 1. The van der Waals surface area contributed by atoms with Gasteiger partial charge in [0.25, 0.3) is 0 Å². The van der Waals surface area contributed by atoms with Gasteiger partial charge in [-0.1, -0.05) is 0 Å². The second-order valence-corrected chi connectivity index (χ2v) is 5.41. The number of ether oxygens (including phenoxy) is 2. The molecule has 1 fully saturated rings. The molecule has 1 aliphatic rings. The lowest BCUT2D eigenvalue weighted by molar-refractivity contribution is 0.0526. The summed E-state index contributed by atoms with van der Waals surface area (Å²) >= 11 is 0. The van der Waals surface area contributed by atoms with Gasteiger partial charge in [0.15, 0.2) is 0 Å². The summed E-state index contributed by atoms with van der Waals surface area (Å²) in [4.78, 5) is 28.3. The first-order valence-corrected chi connectivity index (χ1v) is 7.58. The molecule has 1 saturated carbocycles. The molecule has 0 unspecified atom stereocenters. The molecule has 1 N–H and O–H groups in total. The van der Waals surface area contributed by atoms with E-state index in [0.29, 0.717) is 40.4 Å². The Labute approximate surface area is 133 Å². The van der Waals surface area contributed by atoms with Crippen molar-refractivity contribution >= 4 is 28.5 Å². The number of hydrogen-bond donors (Lipinski definition) is 1. The Morgan fingerprint density at radius 1 is 1.30 bits per heavy atom. The molecule has 120 valence electrons. The number of fused-ring (bicyclic) bond motifs is 1. The van der Waals surface area contributed by atoms with E-state index in [1.807, 2.05) is 0 Å². The van der Waals surface area contributed by atoms with Crippen molar-refractivity contribution in [2.75, 3.05) is 19.0 Å². The number of methoxy groups -OCH3 is 1. The smallest absolute Gasteiger partial charge is 0.341 e. The van der Waals surface area contributed by atoms with E-state index < -0.39 is 11.9 Å². The van der Waals surface area contributed by atoms with Crippen LogP contribution >= 0.6 is 0 Å². The molecule has 0 amide bonds. The van der Waals surface area contributed by atoms with Crippen LogP contribution in [0.1, 0.15) is 40.5 Å². The Morgan fingerprint density at radius 2 is 2.09 bits per heavy atom. The maximum absolute atomic E-state index is 12.2. The number of esters is 2. The molecule has 0 atom stereocenters. The van der Waals surface area contributed by atoms with Crippen LogP contribution in [0.2, 0.25) is 0 Å². The minimum atomic E-state index is -0.425. The fraction of sp³-hybridized carbons (Fsp3) is 0.353. The van der Waals surface area contributed by atoms with Gasteiger partial charge in [0.05, 0.1) is 30.5 Å². The van der Waals surface area contributed by atoms with Crippen LogP contribution in [0.25, 0.3) is 10.9 Å². The number of aromatic nitrogens is 1. The second-order valence-electron chi connectivity index (χ2n) is 5.41. The predicted molar refractivity (Wildman–Crippen MR) is 85.7 cm³/mol. The van der Waals surface area contributed by atoms with Crippen molar-refractivity contribution in [3.63, 3.8) is 0 Å². The molecule has 23 heavy (non-hydrogen) atoms. The highest BCUT2D eigenvalue weighted by molar-refractivity contribution is 6.06. The maximum atomic E-state index is 12.2. The summed E-state index contributed by atoms with van der Waals surface area (Å²) in [7, 11) is 1.34. The minimum absolute atomic E-state index is 0.294. The molecule has 1 aromatic heterocycles. The lowest BCUT2D eigenvalue weighted by Crippen LogP contribution is -2.12. The number of anilines is 1. The zero-order valence-corrected chi connectivity index (χ0v) is 13.1. The number of carbonyl (C=O) groups excluding carboxylic acids is 2. The van der Waals surface area contributed by atoms with Gasteiger partial charge in [-0.05, 0) is 38.0 Å². The highest BCUT2D eigenvalue weighted by Crippen LogP contribution is 2.33. The summed E-state index contributed by atoms with van der Waals surface area (Å²) in [6, 6.07) is 5.44. The van der Waals surface area contributed by atoms with Gasteiger partial charge in [-0.2, -0.15) is 0 Å². The van der Waals surface area contributed by atoms with E-state index in [-0.39, 0.29) is 0 Å². The summed E-state index contributed by atoms with van der Waals surface area (Å²) in [5.41, 5.74) is 2.17. The van der Waals surface area contributed by atoms with Crippen LogP contribution in [0.15, 0.2) is 24.4 Å². The molecule has 1 aliphatic carbocycles. The number of benzene rings is 1. The van der Waals surface area contributed by atoms with Crippen LogP contribution in [0.4, 0.5) is 5.69 Å². The summed E-state index contributed by atoms with van der Waals surface area (Å²) in [6.07, 6.45) is 3.63. The van der Waals surface area contributed by atoms with Gasteiger partial charge in [-0.3, -0.25) is 4.98 Å². The van der Waals surface area contributed by atoms with Gasteiger partial charge in [0, 0.05) is 17.6 Å². The minimum Gasteiger partial charge on any atom is -0.465 e. The summed E-state index contributed by atoms with van der Waals surface area (Å²) < 4.78 is 9.87. The van der Waals surface area contributed by atoms with Crippen LogP contribution in [-0.4, -0.2) is 36.7 Å². The molecule has 0 spiro atoms. The molecule has 3 rings (SSSR count). The third-order valence-corrected chi connectivity index (χ3v) is 3.71. The van der Waals surface area contributed by atoms with Gasteiger partial charge in [0.2, 0.25) is 0 Å². The van der Waals surface area contributed by atoms with Gasteiger partial charge in [-0.15, -0.1) is 0 Å². The molecule has 2 aromatic rings. The van der Waals surface area contributed by atoms with Crippen LogP contribution in [-0.2, 0) is 9.47 Å². The van der Waals surface area contributed by atoms with E-state index in [0.717, 1.165) is 12.8 Å². The third kappa shape index (κ3) is 3.11. The van der Waals surface area contributed by atoms with Crippen molar-refractivity contribution in [2.45, 2.75) is 25.8 Å². The van der Waals surface area contributed by atoms with Crippen LogP contribution in [0, 0.1) is 0 Å². The summed E-state index contributed by atoms with van der Waals surface area (Å²) in [5, 5.41) is 4.07. The predicted octanol–water partition coefficient (Wildman–Crippen LogP) is 2.77. The van der Waals surface area contributed by atoms with Crippen LogP contribution in [0.3, 0.4) is 0 Å². The van der Waals surface area contributed by atoms with Crippen molar-refractivity contribution in [2.24, 2.45) is 0 Å². The molecular weight excluding hydrogens is 296 g/mol. The van der Waals surface area contributed by atoms with Gasteiger partial charge in [0.1, 0.15) is 5.56 Å². The third-order valence-electron chi connectivity index (χ3n) is 3.71. The standard InChI is InChI=1S/C17H18N2O4/c1-3-23-17(21)13-9-18-14-7-4-10(16(20)22-2)8-12(14)15(13)19-11-5-6-11/h4,7-9,11H,3,5-6H2,1-2H3,(H,18,19). The lowest BCUT2D eigenvalue weighted by atomic mass is 10.1. The van der Waals surface area contributed by atoms with Crippen molar-refractivity contribution in [1.29, 1.82) is 0 Å². The Hall–Kier alpha value is -2.63. The summed E-state index contributed by atoms with van der Waals surface area (Å²) in [6.45, 7) is 2.05. The zero-order chi connectivity index (χ0) is 16.4. The highest BCUT2D eigenvalue weighted by atomic mass is 16.5. The van der Waals surface area contributed by atoms with E-state index in [9.17, 15) is 9.59 Å². The maximum Gasteiger partial charge on any atom is 0.341 e. The van der Waals surface area contributed by atoms with E-state index in [1.54, 1.807) is 25.1 Å². The molecular formula is C17H18N2O4. The fourth-order valence-corrected chi connectivity index (χ4v) is 2.39. The van der Waals surface area contributed by atoms with Gasteiger partial charge >= 0.3 is 11.9 Å². The fourth-order valence-electron chi connectivity index (χ4n) is 2.39. The first-order valence-electron chi connectivity index (χ1n) is 7.58. The van der Waals surface area contributed by atoms with Gasteiger partial charge in [-0.25, -0.2) is 9.59 Å². The number of rotatable bonds is 5. The molecule has 1 heterocycles.